The summed E-state index contributed by atoms with van der Waals surface area (Å²) in [6.45, 7) is -0.225. The summed E-state index contributed by atoms with van der Waals surface area (Å²) in [5.74, 6) is 0.414. The molecule has 0 aliphatic rings. The molecule has 1 heterocycles. The van der Waals surface area contributed by atoms with Crippen LogP contribution >= 0.6 is 34.4 Å². The van der Waals surface area contributed by atoms with Crippen LogP contribution in [0.2, 0.25) is 0 Å². The second kappa shape index (κ2) is 5.74. The molecule has 4 nitrogen and oxygen atoms in total. The largest absolute Gasteiger partial charge is 0.394 e. The van der Waals surface area contributed by atoms with Crippen molar-refractivity contribution in [1.29, 1.82) is 0 Å². The number of aromatic nitrogens is 2. The Labute approximate surface area is 93.9 Å². The van der Waals surface area contributed by atoms with Gasteiger partial charge in [0.2, 0.25) is 0 Å². The van der Waals surface area contributed by atoms with E-state index in [0.717, 1.165) is 3.57 Å². The van der Waals surface area contributed by atoms with Crippen molar-refractivity contribution < 1.29 is 10.2 Å². The molecule has 72 valence electrons. The Morgan fingerprint density at radius 3 is 2.62 bits per heavy atom. The Hall–Kier alpha value is 0.0800. The first-order chi connectivity index (χ1) is 6.22. The predicted molar refractivity (Wildman–Crippen MR) is 58.6 cm³/mol. The molecule has 0 spiro atoms. The minimum Gasteiger partial charge on any atom is -0.394 e. The van der Waals surface area contributed by atoms with Crippen LogP contribution in [-0.2, 0) is 0 Å². The van der Waals surface area contributed by atoms with Gasteiger partial charge < -0.3 is 10.2 Å². The molecule has 2 N–H and O–H groups in total. The fourth-order valence-electron chi connectivity index (χ4n) is 0.598. The molecule has 13 heavy (non-hydrogen) atoms. The molecule has 0 aliphatic carbocycles. The highest BCUT2D eigenvalue weighted by Gasteiger charge is 2.04. The molecule has 6 heteroatoms. The molecule has 1 aromatic heterocycles. The average molecular weight is 312 g/mol. The molecule has 1 aromatic rings. The third-order valence-corrected chi connectivity index (χ3v) is 2.79. The Kier molecular flexibility index (Phi) is 4.92. The number of hydrogen-bond donors (Lipinski definition) is 2. The van der Waals surface area contributed by atoms with Crippen molar-refractivity contribution >= 4 is 34.4 Å². The second-order valence-corrected chi connectivity index (χ2v) is 4.56. The van der Waals surface area contributed by atoms with E-state index in [2.05, 4.69) is 32.6 Å². The van der Waals surface area contributed by atoms with Crippen molar-refractivity contribution in [2.75, 3.05) is 12.4 Å². The molecule has 1 atom stereocenters. The number of aliphatic hydroxyl groups excluding tert-OH is 2. The van der Waals surface area contributed by atoms with Crippen LogP contribution < -0.4 is 0 Å². The van der Waals surface area contributed by atoms with Gasteiger partial charge >= 0.3 is 0 Å². The number of hydrogen-bond acceptors (Lipinski definition) is 5. The highest BCUT2D eigenvalue weighted by atomic mass is 127. The molecule has 1 unspecified atom stereocenters. The van der Waals surface area contributed by atoms with E-state index >= 15 is 0 Å². The van der Waals surface area contributed by atoms with E-state index in [1.54, 1.807) is 12.4 Å². The van der Waals surface area contributed by atoms with Gasteiger partial charge in [0.05, 0.1) is 12.7 Å². The molecular weight excluding hydrogens is 303 g/mol. The van der Waals surface area contributed by atoms with Crippen LogP contribution in [0.15, 0.2) is 17.6 Å². The number of rotatable bonds is 4. The number of halogens is 1. The van der Waals surface area contributed by atoms with E-state index in [9.17, 15) is 0 Å². The highest BCUT2D eigenvalue weighted by Crippen LogP contribution is 2.13. The SMILES string of the molecule is OCC(O)CSc1ncc(I)cn1. The lowest BCUT2D eigenvalue weighted by Gasteiger charge is -2.04. The van der Waals surface area contributed by atoms with E-state index in [4.69, 9.17) is 10.2 Å². The van der Waals surface area contributed by atoms with Crippen LogP contribution in [0.1, 0.15) is 0 Å². The fourth-order valence-corrected chi connectivity index (χ4v) is 1.58. The van der Waals surface area contributed by atoms with Crippen LogP contribution in [0, 0.1) is 3.57 Å². The first-order valence-corrected chi connectivity index (χ1v) is 5.68. The van der Waals surface area contributed by atoms with Gasteiger partial charge in [-0.25, -0.2) is 9.97 Å². The molecule has 0 amide bonds. The summed E-state index contributed by atoms with van der Waals surface area (Å²) < 4.78 is 0.977. The van der Waals surface area contributed by atoms with Gasteiger partial charge in [-0.2, -0.15) is 0 Å². The minimum atomic E-state index is -0.701. The zero-order valence-electron chi connectivity index (χ0n) is 6.72. The Bertz CT molecular complexity index is 257. The van der Waals surface area contributed by atoms with Gasteiger partial charge in [0, 0.05) is 21.7 Å². The minimum absolute atomic E-state index is 0.225. The normalized spacial score (nSPS) is 12.8. The molecule has 0 saturated heterocycles. The topological polar surface area (TPSA) is 66.2 Å². The third kappa shape index (κ3) is 4.21. The van der Waals surface area contributed by atoms with E-state index in [-0.39, 0.29) is 6.61 Å². The zero-order chi connectivity index (χ0) is 9.68. The number of nitrogens with zero attached hydrogens (tertiary/aromatic N) is 2. The van der Waals surface area contributed by atoms with Gasteiger partial charge in [0.15, 0.2) is 5.16 Å². The lowest BCUT2D eigenvalue weighted by atomic mass is 10.4. The summed E-state index contributed by atoms with van der Waals surface area (Å²) >= 11 is 3.45. The molecule has 1 rings (SSSR count). The quantitative estimate of drug-likeness (QED) is 0.482. The maximum absolute atomic E-state index is 9.05. The Morgan fingerprint density at radius 2 is 2.08 bits per heavy atom. The zero-order valence-corrected chi connectivity index (χ0v) is 9.70. The van der Waals surface area contributed by atoms with Crippen LogP contribution in [-0.4, -0.2) is 38.6 Å². The lowest BCUT2D eigenvalue weighted by molar-refractivity contribution is 0.113. The van der Waals surface area contributed by atoms with Crippen molar-refractivity contribution in [2.45, 2.75) is 11.3 Å². The van der Waals surface area contributed by atoms with Crippen molar-refractivity contribution in [1.82, 2.24) is 9.97 Å². The van der Waals surface area contributed by atoms with Crippen LogP contribution in [0.5, 0.6) is 0 Å². The first kappa shape index (κ1) is 11.2. The number of thioether (sulfide) groups is 1. The van der Waals surface area contributed by atoms with E-state index in [1.165, 1.54) is 11.8 Å². The summed E-state index contributed by atoms with van der Waals surface area (Å²) in [4.78, 5) is 8.07. The van der Waals surface area contributed by atoms with Crippen molar-refractivity contribution in [3.8, 4) is 0 Å². The predicted octanol–water partition coefficient (Wildman–Crippen LogP) is 0.527. The highest BCUT2D eigenvalue weighted by molar-refractivity contribution is 14.1. The lowest BCUT2D eigenvalue weighted by Crippen LogP contribution is -2.14. The number of aliphatic hydroxyl groups is 2. The molecule has 0 radical (unpaired) electrons. The average Bonchev–Trinajstić information content (AvgIpc) is 2.16. The van der Waals surface area contributed by atoms with Gasteiger partial charge in [-0.15, -0.1) is 0 Å². The smallest absolute Gasteiger partial charge is 0.187 e. The van der Waals surface area contributed by atoms with Gasteiger partial charge in [0.25, 0.3) is 0 Å². The van der Waals surface area contributed by atoms with Gasteiger partial charge in [-0.3, -0.25) is 0 Å². The third-order valence-electron chi connectivity index (χ3n) is 1.21. The van der Waals surface area contributed by atoms with E-state index in [1.807, 2.05) is 0 Å². The monoisotopic (exact) mass is 312 g/mol. The standard InChI is InChI=1S/C7H9IN2O2S/c8-5-1-9-7(10-2-5)13-4-6(12)3-11/h1-2,6,11-12H,3-4H2. The van der Waals surface area contributed by atoms with Crippen LogP contribution in [0.3, 0.4) is 0 Å². The van der Waals surface area contributed by atoms with E-state index in [0.29, 0.717) is 10.9 Å². The van der Waals surface area contributed by atoms with Crippen molar-refractivity contribution in [3.05, 3.63) is 16.0 Å². The summed E-state index contributed by atoms with van der Waals surface area (Å²) in [5.41, 5.74) is 0. The maximum Gasteiger partial charge on any atom is 0.187 e. The fraction of sp³-hybridized carbons (Fsp3) is 0.429. The summed E-state index contributed by atoms with van der Waals surface area (Å²) in [5, 5.41) is 18.2. The Balaban J connectivity index is 2.41. The molecule has 0 aliphatic heterocycles. The van der Waals surface area contributed by atoms with Gasteiger partial charge in [-0.1, -0.05) is 11.8 Å². The first-order valence-electron chi connectivity index (χ1n) is 3.61. The van der Waals surface area contributed by atoms with Crippen molar-refractivity contribution in [2.24, 2.45) is 0 Å². The second-order valence-electron chi connectivity index (χ2n) is 2.33. The molecule has 0 aromatic carbocycles. The van der Waals surface area contributed by atoms with E-state index < -0.39 is 6.10 Å². The summed E-state index contributed by atoms with van der Waals surface area (Å²) in [7, 11) is 0. The molecule has 0 saturated carbocycles. The summed E-state index contributed by atoms with van der Waals surface area (Å²) in [6, 6.07) is 0. The molecule has 0 fully saturated rings. The van der Waals surface area contributed by atoms with Gasteiger partial charge in [0.1, 0.15) is 0 Å². The van der Waals surface area contributed by atoms with Crippen LogP contribution in [0.4, 0.5) is 0 Å². The van der Waals surface area contributed by atoms with Crippen LogP contribution in [0.25, 0.3) is 0 Å². The summed E-state index contributed by atoms with van der Waals surface area (Å²) in [6.07, 6.45) is 2.72. The van der Waals surface area contributed by atoms with Gasteiger partial charge in [-0.05, 0) is 22.6 Å². The Morgan fingerprint density at radius 1 is 1.46 bits per heavy atom. The molecule has 0 bridgehead atoms. The maximum atomic E-state index is 9.05. The molecular formula is C7H9IN2O2S. The van der Waals surface area contributed by atoms with Crippen molar-refractivity contribution in [3.63, 3.8) is 0 Å².